The van der Waals surface area contributed by atoms with Gasteiger partial charge in [0, 0.05) is 0 Å². The molecule has 0 radical (unpaired) electrons. The average molecular weight is 244 g/mol. The number of carbonyl (C=O) groups is 1. The monoisotopic (exact) mass is 244 g/mol. The molecule has 100 valence electrons. The first-order valence-electron chi connectivity index (χ1n) is 6.49. The number of hydrogen-bond donors (Lipinski definition) is 1. The first-order valence-corrected chi connectivity index (χ1v) is 6.49. The van der Waals surface area contributed by atoms with Gasteiger partial charge in [-0.3, -0.25) is 4.79 Å². The molecule has 1 aliphatic rings. The number of carbonyl (C=O) groups excluding carboxylic acids is 1. The molecular formula is C13H24O4. The van der Waals surface area contributed by atoms with Gasteiger partial charge >= 0.3 is 5.97 Å². The molecule has 0 unspecified atom stereocenters. The normalized spacial score (nSPS) is 27.8. The summed E-state index contributed by atoms with van der Waals surface area (Å²) in [4.78, 5) is 11.4. The van der Waals surface area contributed by atoms with Crippen LogP contribution >= 0.6 is 0 Å². The number of hydrogen-bond acceptors (Lipinski definition) is 4. The molecule has 4 heteroatoms. The summed E-state index contributed by atoms with van der Waals surface area (Å²) in [5.41, 5.74) is 0. The fourth-order valence-electron chi connectivity index (χ4n) is 2.37. The van der Waals surface area contributed by atoms with Crippen LogP contribution in [0.15, 0.2) is 0 Å². The molecule has 0 bridgehead atoms. The molecule has 0 aromatic carbocycles. The van der Waals surface area contributed by atoms with Crippen molar-refractivity contribution >= 4 is 5.97 Å². The highest BCUT2D eigenvalue weighted by Gasteiger charge is 2.34. The van der Waals surface area contributed by atoms with Crippen LogP contribution in [0.5, 0.6) is 0 Å². The lowest BCUT2D eigenvalue weighted by Gasteiger charge is -2.19. The third-order valence-electron chi connectivity index (χ3n) is 3.43. The van der Waals surface area contributed by atoms with Crippen LogP contribution in [0.1, 0.15) is 46.0 Å². The third-order valence-corrected chi connectivity index (χ3v) is 3.43. The largest absolute Gasteiger partial charge is 0.469 e. The molecule has 0 aliphatic carbocycles. The van der Waals surface area contributed by atoms with E-state index in [0.717, 1.165) is 25.7 Å². The molecule has 1 fully saturated rings. The van der Waals surface area contributed by atoms with E-state index in [2.05, 4.69) is 6.92 Å². The summed E-state index contributed by atoms with van der Waals surface area (Å²) in [5, 5.41) is 9.72. The van der Waals surface area contributed by atoms with Crippen LogP contribution in [0.2, 0.25) is 0 Å². The summed E-state index contributed by atoms with van der Waals surface area (Å²) in [5.74, 6) is -0.432. The Morgan fingerprint density at radius 2 is 2.24 bits per heavy atom. The molecule has 0 saturated carbocycles. The van der Waals surface area contributed by atoms with Crippen molar-refractivity contribution in [2.24, 2.45) is 5.92 Å². The molecule has 4 nitrogen and oxygen atoms in total. The van der Waals surface area contributed by atoms with Crippen LogP contribution in [0.25, 0.3) is 0 Å². The maximum Gasteiger partial charge on any atom is 0.311 e. The molecule has 1 saturated heterocycles. The maximum atomic E-state index is 11.4. The van der Waals surface area contributed by atoms with Gasteiger partial charge in [0.2, 0.25) is 0 Å². The van der Waals surface area contributed by atoms with E-state index in [1.807, 2.05) is 6.92 Å². The third kappa shape index (κ3) is 4.28. The van der Waals surface area contributed by atoms with Gasteiger partial charge in [-0.2, -0.15) is 0 Å². The topological polar surface area (TPSA) is 55.8 Å². The minimum atomic E-state index is -0.280. The zero-order valence-corrected chi connectivity index (χ0v) is 11.0. The van der Waals surface area contributed by atoms with E-state index in [1.165, 1.54) is 7.11 Å². The lowest BCUT2D eigenvalue weighted by Crippen LogP contribution is -2.28. The first-order chi connectivity index (χ1) is 8.08. The number of aliphatic hydroxyl groups excluding tert-OH is 1. The molecule has 4 atom stereocenters. The second-order valence-corrected chi connectivity index (χ2v) is 4.86. The number of esters is 1. The first kappa shape index (κ1) is 14.5. The molecule has 1 rings (SSSR count). The van der Waals surface area contributed by atoms with Crippen molar-refractivity contribution in [3.8, 4) is 0 Å². The molecule has 0 aromatic rings. The fourth-order valence-corrected chi connectivity index (χ4v) is 2.37. The van der Waals surface area contributed by atoms with E-state index >= 15 is 0 Å². The van der Waals surface area contributed by atoms with E-state index in [9.17, 15) is 9.90 Å². The van der Waals surface area contributed by atoms with Crippen LogP contribution in [-0.4, -0.2) is 36.5 Å². The molecule has 1 heterocycles. The van der Waals surface area contributed by atoms with Crippen molar-refractivity contribution in [2.45, 2.75) is 64.3 Å². The summed E-state index contributed by atoms with van der Waals surface area (Å²) >= 11 is 0. The van der Waals surface area contributed by atoms with Crippen LogP contribution < -0.4 is 0 Å². The van der Waals surface area contributed by atoms with E-state index in [-0.39, 0.29) is 30.2 Å². The minimum absolute atomic E-state index is 0.0544. The number of rotatable bonds is 6. The average Bonchev–Trinajstić information content (AvgIpc) is 2.75. The zero-order chi connectivity index (χ0) is 12.8. The molecule has 0 aromatic heterocycles. The zero-order valence-electron chi connectivity index (χ0n) is 11.0. The van der Waals surface area contributed by atoms with E-state index in [1.54, 1.807) is 0 Å². The summed E-state index contributed by atoms with van der Waals surface area (Å²) in [7, 11) is 1.40. The Balaban J connectivity index is 2.34. The minimum Gasteiger partial charge on any atom is -0.469 e. The van der Waals surface area contributed by atoms with Gasteiger partial charge in [-0.15, -0.1) is 0 Å². The summed E-state index contributed by atoms with van der Waals surface area (Å²) in [6, 6.07) is 0. The lowest BCUT2D eigenvalue weighted by atomic mass is 10.0. The van der Waals surface area contributed by atoms with Crippen molar-refractivity contribution in [1.82, 2.24) is 0 Å². The molecule has 0 amide bonds. The van der Waals surface area contributed by atoms with Crippen molar-refractivity contribution in [3.63, 3.8) is 0 Å². The van der Waals surface area contributed by atoms with Crippen molar-refractivity contribution < 1.29 is 19.4 Å². The molecule has 1 N–H and O–H groups in total. The highest BCUT2D eigenvalue weighted by molar-refractivity contribution is 5.72. The van der Waals surface area contributed by atoms with Crippen molar-refractivity contribution in [2.75, 3.05) is 7.11 Å². The fraction of sp³-hybridized carbons (Fsp3) is 0.923. The van der Waals surface area contributed by atoms with Gasteiger partial charge < -0.3 is 14.6 Å². The number of methoxy groups -OCH3 is 1. The Kier molecular flexibility index (Phi) is 5.92. The number of ether oxygens (including phenoxy) is 2. The van der Waals surface area contributed by atoms with Crippen LogP contribution in [-0.2, 0) is 14.3 Å². The maximum absolute atomic E-state index is 11.4. The van der Waals surface area contributed by atoms with Crippen LogP contribution in [0.3, 0.4) is 0 Å². The smallest absolute Gasteiger partial charge is 0.311 e. The van der Waals surface area contributed by atoms with Crippen LogP contribution in [0, 0.1) is 5.92 Å². The van der Waals surface area contributed by atoms with Crippen LogP contribution in [0.4, 0.5) is 0 Å². The quantitative estimate of drug-likeness (QED) is 0.725. The second-order valence-electron chi connectivity index (χ2n) is 4.86. The van der Waals surface area contributed by atoms with E-state index in [4.69, 9.17) is 9.47 Å². The Morgan fingerprint density at radius 1 is 1.53 bits per heavy atom. The van der Waals surface area contributed by atoms with Gasteiger partial charge in [-0.25, -0.2) is 0 Å². The van der Waals surface area contributed by atoms with Crippen molar-refractivity contribution in [1.29, 1.82) is 0 Å². The summed E-state index contributed by atoms with van der Waals surface area (Å²) < 4.78 is 10.5. The molecular weight excluding hydrogens is 220 g/mol. The summed E-state index contributed by atoms with van der Waals surface area (Å²) in [6.45, 7) is 3.89. The SMILES string of the molecule is CCC[C@H](O)C[C@@H]1CC[C@H]([C@@H](C)C(=O)OC)O1. The Labute approximate surface area is 103 Å². The predicted octanol–water partition coefficient (Wildman–Crippen LogP) is 1.89. The molecule has 17 heavy (non-hydrogen) atoms. The van der Waals surface area contributed by atoms with Gasteiger partial charge in [-0.1, -0.05) is 13.3 Å². The Hall–Kier alpha value is -0.610. The van der Waals surface area contributed by atoms with E-state index < -0.39 is 0 Å². The highest BCUT2D eigenvalue weighted by Crippen LogP contribution is 2.29. The summed E-state index contributed by atoms with van der Waals surface area (Å²) in [6.07, 6.45) is 4.03. The van der Waals surface area contributed by atoms with Gasteiger partial charge in [0.15, 0.2) is 0 Å². The molecule has 1 aliphatic heterocycles. The standard InChI is InChI=1S/C13H24O4/c1-4-5-10(14)8-11-6-7-12(17-11)9(2)13(15)16-3/h9-12,14H,4-8H2,1-3H3/t9-,10+,11+,12-/m1/s1. The van der Waals surface area contributed by atoms with Gasteiger partial charge in [0.1, 0.15) is 0 Å². The van der Waals surface area contributed by atoms with Gasteiger partial charge in [0.05, 0.1) is 31.3 Å². The van der Waals surface area contributed by atoms with Crippen molar-refractivity contribution in [3.05, 3.63) is 0 Å². The second kappa shape index (κ2) is 6.97. The highest BCUT2D eigenvalue weighted by atomic mass is 16.5. The van der Waals surface area contributed by atoms with Gasteiger partial charge in [-0.05, 0) is 32.6 Å². The lowest BCUT2D eigenvalue weighted by molar-refractivity contribution is -0.150. The van der Waals surface area contributed by atoms with E-state index in [0.29, 0.717) is 6.42 Å². The number of aliphatic hydroxyl groups is 1. The predicted molar refractivity (Wildman–Crippen MR) is 64.6 cm³/mol. The Morgan fingerprint density at radius 3 is 2.82 bits per heavy atom. The molecule has 0 spiro atoms. The van der Waals surface area contributed by atoms with Gasteiger partial charge in [0.25, 0.3) is 0 Å². The Bertz CT molecular complexity index is 242.